The summed E-state index contributed by atoms with van der Waals surface area (Å²) in [5.41, 5.74) is 1.86. The summed E-state index contributed by atoms with van der Waals surface area (Å²) >= 11 is 0. The van der Waals surface area contributed by atoms with Crippen LogP contribution in [0.1, 0.15) is 159 Å². The highest BCUT2D eigenvalue weighted by molar-refractivity contribution is 5.83. The van der Waals surface area contributed by atoms with Gasteiger partial charge < -0.3 is 29.7 Å². The van der Waals surface area contributed by atoms with Gasteiger partial charge in [-0.25, -0.2) is 4.79 Å². The Morgan fingerprint density at radius 3 is 1.97 bits per heavy atom. The van der Waals surface area contributed by atoms with Crippen LogP contribution in [-0.4, -0.2) is 94.9 Å². The SMILES string of the molecule is CC(=O)N1CCCCC1C(=O)O.CC1CCCOC1.COC(C)/C(C)=C/C=C/C=C/CC[C@@H](C)C(=O)CC(O)/C(C)=C/C(C)C(=O)CCC(C)C.OC1CCCCC1. The van der Waals surface area contributed by atoms with E-state index in [1.807, 2.05) is 58.1 Å². The van der Waals surface area contributed by atoms with Crippen LogP contribution >= 0.6 is 0 Å². The minimum atomic E-state index is -0.884. The molecule has 0 spiro atoms. The number of ketones is 2. The van der Waals surface area contributed by atoms with Gasteiger partial charge in [-0.1, -0.05) is 90.3 Å². The summed E-state index contributed by atoms with van der Waals surface area (Å²) in [6.45, 7) is 20.0. The summed E-state index contributed by atoms with van der Waals surface area (Å²) in [6.07, 6.45) is 25.2. The van der Waals surface area contributed by atoms with E-state index in [1.165, 1.54) is 43.9 Å². The molecule has 2 saturated heterocycles. The molecule has 58 heavy (non-hydrogen) atoms. The van der Waals surface area contributed by atoms with Crippen molar-refractivity contribution in [3.8, 4) is 0 Å². The normalized spacial score (nSPS) is 21.4. The van der Waals surface area contributed by atoms with Gasteiger partial charge in [0.1, 0.15) is 17.6 Å². The monoisotopic (exact) mass is 818 g/mol. The number of hydrogen-bond acceptors (Lipinski definition) is 8. The maximum Gasteiger partial charge on any atom is 0.326 e. The van der Waals surface area contributed by atoms with E-state index in [-0.39, 0.29) is 47.9 Å². The average molecular weight is 818 g/mol. The Bertz CT molecular complexity index is 1240. The zero-order chi connectivity index (χ0) is 44.0. The number of carboxylic acid groups (broad SMARTS) is 1. The third-order valence-corrected chi connectivity index (χ3v) is 11.1. The summed E-state index contributed by atoms with van der Waals surface area (Å²) in [5.74, 6) is 0.189. The zero-order valence-corrected chi connectivity index (χ0v) is 38.0. The molecule has 0 bridgehead atoms. The van der Waals surface area contributed by atoms with Crippen molar-refractivity contribution in [3.05, 3.63) is 47.6 Å². The number of aliphatic carboxylic acids is 1. The lowest BCUT2D eigenvalue weighted by molar-refractivity contribution is -0.151. The predicted octanol–water partition coefficient (Wildman–Crippen LogP) is 9.62. The number of rotatable bonds is 17. The topological polar surface area (TPSA) is 151 Å². The van der Waals surface area contributed by atoms with Gasteiger partial charge >= 0.3 is 5.97 Å². The average Bonchev–Trinajstić information content (AvgIpc) is 3.20. The lowest BCUT2D eigenvalue weighted by atomic mass is 9.92. The van der Waals surface area contributed by atoms with E-state index in [1.54, 1.807) is 14.0 Å². The molecule has 3 rings (SSSR count). The van der Waals surface area contributed by atoms with Gasteiger partial charge in [0.2, 0.25) is 5.91 Å². The first-order valence-corrected chi connectivity index (χ1v) is 22.1. The second-order valence-electron chi connectivity index (χ2n) is 17.0. The van der Waals surface area contributed by atoms with E-state index in [2.05, 4.69) is 26.8 Å². The number of likely N-dealkylation sites (tertiary alicyclic amines) is 1. The maximum atomic E-state index is 12.5. The molecule has 0 radical (unpaired) electrons. The number of nitrogens with zero attached hydrogens (tertiary/aromatic N) is 1. The lowest BCUT2D eigenvalue weighted by Gasteiger charge is -2.31. The van der Waals surface area contributed by atoms with Crippen molar-refractivity contribution in [3.63, 3.8) is 0 Å². The first-order chi connectivity index (χ1) is 27.4. The van der Waals surface area contributed by atoms with E-state index in [9.17, 15) is 24.3 Å². The van der Waals surface area contributed by atoms with Gasteiger partial charge in [0.05, 0.1) is 18.3 Å². The Balaban J connectivity index is 0.000000985. The molecule has 2 heterocycles. The Labute approximate surface area is 352 Å². The largest absolute Gasteiger partial charge is 0.480 e. The van der Waals surface area contributed by atoms with Gasteiger partial charge in [-0.15, -0.1) is 0 Å². The summed E-state index contributed by atoms with van der Waals surface area (Å²) < 4.78 is 10.4. The summed E-state index contributed by atoms with van der Waals surface area (Å²) in [4.78, 5) is 47.8. The first kappa shape index (κ1) is 55.1. The second kappa shape index (κ2) is 32.9. The molecule has 0 aromatic carbocycles. The third-order valence-electron chi connectivity index (χ3n) is 11.1. The molecule has 1 aliphatic carbocycles. The number of methoxy groups -OCH3 is 1. The van der Waals surface area contributed by atoms with Gasteiger partial charge in [0, 0.05) is 58.5 Å². The lowest BCUT2D eigenvalue weighted by Crippen LogP contribution is -2.46. The predicted molar refractivity (Wildman–Crippen MR) is 236 cm³/mol. The molecule has 1 saturated carbocycles. The van der Waals surface area contributed by atoms with Crippen molar-refractivity contribution in [2.24, 2.45) is 23.7 Å². The number of Topliss-reactive ketones (excluding diaryl/α,β-unsaturated/α-hetero) is 2. The molecule has 334 valence electrons. The quantitative estimate of drug-likeness (QED) is 0.0963. The van der Waals surface area contributed by atoms with Crippen molar-refractivity contribution in [1.82, 2.24) is 4.90 Å². The van der Waals surface area contributed by atoms with Crippen LogP contribution in [0.25, 0.3) is 0 Å². The number of hydrogen-bond donors (Lipinski definition) is 3. The van der Waals surface area contributed by atoms with Crippen LogP contribution in [0.4, 0.5) is 0 Å². The molecule has 2 aliphatic heterocycles. The van der Waals surface area contributed by atoms with Crippen molar-refractivity contribution in [2.45, 2.75) is 183 Å². The van der Waals surface area contributed by atoms with Crippen LogP contribution < -0.4 is 0 Å². The van der Waals surface area contributed by atoms with Crippen molar-refractivity contribution < 1.29 is 44.0 Å². The molecule has 0 aromatic rings. The van der Waals surface area contributed by atoms with Crippen molar-refractivity contribution in [2.75, 3.05) is 26.9 Å². The van der Waals surface area contributed by atoms with Gasteiger partial charge in [-0.3, -0.25) is 14.4 Å². The van der Waals surface area contributed by atoms with Gasteiger partial charge in [0.25, 0.3) is 0 Å². The molecule has 0 aromatic heterocycles. The first-order valence-electron chi connectivity index (χ1n) is 22.1. The van der Waals surface area contributed by atoms with Crippen molar-refractivity contribution in [1.29, 1.82) is 0 Å². The molecular weight excluding hydrogens is 735 g/mol. The highest BCUT2D eigenvalue weighted by atomic mass is 16.5. The molecule has 5 unspecified atom stereocenters. The van der Waals surface area contributed by atoms with Crippen LogP contribution in [0.2, 0.25) is 0 Å². The number of carbonyl (C=O) groups excluding carboxylic acids is 3. The van der Waals surface area contributed by atoms with Gasteiger partial charge in [0.15, 0.2) is 0 Å². The third kappa shape index (κ3) is 27.0. The molecule has 3 fully saturated rings. The number of aliphatic hydroxyl groups excluding tert-OH is 2. The number of amides is 1. The number of allylic oxidation sites excluding steroid dienone is 6. The van der Waals surface area contributed by atoms with E-state index in [0.717, 1.165) is 69.7 Å². The minimum absolute atomic E-state index is 0.0359. The fourth-order valence-electron chi connectivity index (χ4n) is 6.63. The smallest absolute Gasteiger partial charge is 0.326 e. The fraction of sp³-hybridized carbons (Fsp3) is 0.750. The standard InChI is InChI=1S/C28H46O4.C8H13NO3.2C6H12O/c1-20(2)16-17-26(29)23(5)18-24(6)28(31)19-27(30)22(4)15-13-11-9-10-12-14-21(3)25(7)32-8;1-6(10)9-5-3-2-4-7(9)8(11)12;1-6-3-2-4-7-5-6;7-6-4-2-1-3-5-6/h9-12,14,18,20,22-23,25,28,31H,13,15-17,19H2,1-8H3;7H,2-5H2,1H3,(H,11,12);6H,2-5H2,1H3;6-7H,1-5H2/b11-9+,12-10+,21-14+,24-18+;;;/t22-,23?,25?,28?;;;/m1.../s1. The molecule has 3 aliphatic rings. The molecule has 1 amide bonds. The van der Waals surface area contributed by atoms with Crippen LogP contribution in [0, 0.1) is 23.7 Å². The summed E-state index contributed by atoms with van der Waals surface area (Å²) in [7, 11) is 1.70. The summed E-state index contributed by atoms with van der Waals surface area (Å²) in [6, 6.07) is -0.587. The second-order valence-corrected chi connectivity index (χ2v) is 17.0. The maximum absolute atomic E-state index is 12.5. The van der Waals surface area contributed by atoms with Crippen LogP contribution in [0.15, 0.2) is 47.6 Å². The molecule has 3 N–H and O–H groups in total. The van der Waals surface area contributed by atoms with E-state index < -0.39 is 18.1 Å². The van der Waals surface area contributed by atoms with Crippen LogP contribution in [0.3, 0.4) is 0 Å². The van der Waals surface area contributed by atoms with Crippen LogP contribution in [0.5, 0.6) is 0 Å². The molecular formula is C48H83NO9. The molecule has 6 atom stereocenters. The minimum Gasteiger partial charge on any atom is -0.480 e. The highest BCUT2D eigenvalue weighted by Crippen LogP contribution is 2.19. The number of aliphatic hydroxyl groups is 2. The summed E-state index contributed by atoms with van der Waals surface area (Å²) in [5, 5.41) is 28.1. The fourth-order valence-corrected chi connectivity index (χ4v) is 6.63. The Morgan fingerprint density at radius 1 is 0.828 bits per heavy atom. The van der Waals surface area contributed by atoms with E-state index >= 15 is 0 Å². The Morgan fingerprint density at radius 2 is 1.48 bits per heavy atom. The number of carbonyl (C=O) groups is 4. The van der Waals surface area contributed by atoms with Crippen LogP contribution in [-0.2, 0) is 28.7 Å². The zero-order valence-electron chi connectivity index (χ0n) is 38.0. The van der Waals surface area contributed by atoms with E-state index in [4.69, 9.17) is 19.7 Å². The Kier molecular flexibility index (Phi) is 31.2. The molecule has 10 heteroatoms. The van der Waals surface area contributed by atoms with E-state index in [0.29, 0.717) is 30.9 Å². The number of carboxylic acids is 1. The number of ether oxygens (including phenoxy) is 2. The van der Waals surface area contributed by atoms with Crippen molar-refractivity contribution >= 4 is 23.4 Å². The molecule has 10 nitrogen and oxygen atoms in total. The highest BCUT2D eigenvalue weighted by Gasteiger charge is 2.29. The van der Waals surface area contributed by atoms with Gasteiger partial charge in [-0.05, 0) is 108 Å². The van der Waals surface area contributed by atoms with Gasteiger partial charge in [-0.2, -0.15) is 0 Å². The Hall–Kier alpha value is -2.92. The number of piperidine rings is 1.